The zero-order valence-corrected chi connectivity index (χ0v) is 9.54. The topological polar surface area (TPSA) is 46.0 Å². The lowest BCUT2D eigenvalue weighted by molar-refractivity contribution is 0.222. The second kappa shape index (κ2) is 4.67. The Labute approximate surface area is 96.7 Å². The van der Waals surface area contributed by atoms with Gasteiger partial charge in [-0.05, 0) is 35.6 Å². The van der Waals surface area contributed by atoms with Crippen molar-refractivity contribution in [2.24, 2.45) is 0 Å². The molecule has 0 fully saturated rings. The molecule has 0 spiro atoms. The molecule has 2 aromatic rings. The Morgan fingerprint density at radius 1 is 1.38 bits per heavy atom. The van der Waals surface area contributed by atoms with Crippen LogP contribution in [0.5, 0.6) is 0 Å². The summed E-state index contributed by atoms with van der Waals surface area (Å²) in [5.41, 5.74) is 1.45. The summed E-state index contributed by atoms with van der Waals surface area (Å²) < 4.78 is 16.5. The summed E-state index contributed by atoms with van der Waals surface area (Å²) in [4.78, 5) is 0.731. The molecule has 0 amide bonds. The smallest absolute Gasteiger partial charge is 0.123 e. The quantitative estimate of drug-likeness (QED) is 0.892. The molecular weight excluding hydrogens is 227 g/mol. The molecular formula is C11H11FN2OS. The van der Waals surface area contributed by atoms with Crippen LogP contribution >= 0.6 is 11.5 Å². The first kappa shape index (κ1) is 11.2. The van der Waals surface area contributed by atoms with Crippen LogP contribution in [0.1, 0.15) is 29.2 Å². The number of rotatable bonds is 3. The predicted molar refractivity (Wildman–Crippen MR) is 59.7 cm³/mol. The van der Waals surface area contributed by atoms with Gasteiger partial charge in [0.05, 0.1) is 10.6 Å². The van der Waals surface area contributed by atoms with E-state index in [1.807, 2.05) is 6.92 Å². The molecule has 0 radical (unpaired) electrons. The van der Waals surface area contributed by atoms with E-state index in [-0.39, 0.29) is 5.82 Å². The van der Waals surface area contributed by atoms with E-state index in [1.54, 1.807) is 12.1 Å². The van der Waals surface area contributed by atoms with Gasteiger partial charge in [-0.25, -0.2) is 4.39 Å². The zero-order valence-electron chi connectivity index (χ0n) is 8.72. The summed E-state index contributed by atoms with van der Waals surface area (Å²) in [5.74, 6) is -0.311. The SMILES string of the molecule is CCc1nnsc1C(O)c1ccc(F)cc1. The Balaban J connectivity index is 2.31. The summed E-state index contributed by atoms with van der Waals surface area (Å²) in [6.45, 7) is 1.96. The number of aromatic nitrogens is 2. The molecule has 3 nitrogen and oxygen atoms in total. The van der Waals surface area contributed by atoms with Crippen molar-refractivity contribution < 1.29 is 9.50 Å². The molecule has 1 aromatic carbocycles. The van der Waals surface area contributed by atoms with Gasteiger partial charge in [0.25, 0.3) is 0 Å². The molecule has 1 atom stereocenters. The largest absolute Gasteiger partial charge is 0.383 e. The van der Waals surface area contributed by atoms with Gasteiger partial charge in [0.1, 0.15) is 11.9 Å². The second-order valence-corrected chi connectivity index (χ2v) is 4.18. The number of aliphatic hydroxyl groups is 1. The van der Waals surface area contributed by atoms with Crippen molar-refractivity contribution in [2.45, 2.75) is 19.4 Å². The molecule has 84 valence electrons. The standard InChI is InChI=1S/C11H11FN2OS/c1-2-9-11(16-14-13-9)10(15)7-3-5-8(12)6-4-7/h3-6,10,15H,2H2,1H3. The lowest BCUT2D eigenvalue weighted by atomic mass is 10.1. The normalized spacial score (nSPS) is 12.7. The Morgan fingerprint density at radius 3 is 2.69 bits per heavy atom. The average Bonchev–Trinajstić information content (AvgIpc) is 2.77. The molecule has 1 heterocycles. The Bertz CT molecular complexity index is 469. The summed E-state index contributed by atoms with van der Waals surface area (Å²) in [6.07, 6.45) is -0.0417. The lowest BCUT2D eigenvalue weighted by Crippen LogP contribution is -2.00. The Kier molecular flexibility index (Phi) is 3.26. The van der Waals surface area contributed by atoms with Gasteiger partial charge >= 0.3 is 0 Å². The van der Waals surface area contributed by atoms with Crippen molar-refractivity contribution in [1.29, 1.82) is 0 Å². The minimum Gasteiger partial charge on any atom is -0.383 e. The van der Waals surface area contributed by atoms with Crippen LogP contribution in [-0.2, 0) is 6.42 Å². The van der Waals surface area contributed by atoms with Crippen molar-refractivity contribution in [3.05, 3.63) is 46.2 Å². The summed E-state index contributed by atoms with van der Waals surface area (Å²) >= 11 is 1.18. The van der Waals surface area contributed by atoms with Gasteiger partial charge in [-0.2, -0.15) is 0 Å². The van der Waals surface area contributed by atoms with Crippen molar-refractivity contribution >= 4 is 11.5 Å². The number of hydrogen-bond donors (Lipinski definition) is 1. The average molecular weight is 238 g/mol. The molecule has 0 saturated heterocycles. The van der Waals surface area contributed by atoms with Gasteiger partial charge in [-0.3, -0.25) is 0 Å². The van der Waals surface area contributed by atoms with Crippen molar-refractivity contribution in [2.75, 3.05) is 0 Å². The van der Waals surface area contributed by atoms with E-state index in [1.165, 1.54) is 23.7 Å². The highest BCUT2D eigenvalue weighted by Crippen LogP contribution is 2.27. The fraction of sp³-hybridized carbons (Fsp3) is 0.273. The molecule has 1 unspecified atom stereocenters. The third-order valence-corrected chi connectivity index (χ3v) is 3.17. The number of halogens is 1. The van der Waals surface area contributed by atoms with Gasteiger partial charge in [0, 0.05) is 0 Å². The molecule has 1 aromatic heterocycles. The first-order valence-corrected chi connectivity index (χ1v) is 5.74. The molecule has 0 aliphatic heterocycles. The monoisotopic (exact) mass is 238 g/mol. The van der Waals surface area contributed by atoms with Crippen LogP contribution in [0.25, 0.3) is 0 Å². The van der Waals surface area contributed by atoms with Crippen LogP contribution in [-0.4, -0.2) is 14.7 Å². The summed E-state index contributed by atoms with van der Waals surface area (Å²) in [6, 6.07) is 5.80. The lowest BCUT2D eigenvalue weighted by Gasteiger charge is -2.09. The Hall–Kier alpha value is -1.33. The van der Waals surface area contributed by atoms with Crippen LogP contribution in [0.15, 0.2) is 24.3 Å². The maximum Gasteiger partial charge on any atom is 0.123 e. The maximum atomic E-state index is 12.7. The van der Waals surface area contributed by atoms with E-state index in [9.17, 15) is 9.50 Å². The van der Waals surface area contributed by atoms with Crippen LogP contribution in [0.3, 0.4) is 0 Å². The van der Waals surface area contributed by atoms with E-state index >= 15 is 0 Å². The van der Waals surface area contributed by atoms with Crippen molar-refractivity contribution in [3.63, 3.8) is 0 Å². The molecule has 2 rings (SSSR count). The number of benzene rings is 1. The first-order chi connectivity index (χ1) is 7.72. The highest BCUT2D eigenvalue weighted by atomic mass is 32.1. The molecule has 16 heavy (non-hydrogen) atoms. The highest BCUT2D eigenvalue weighted by molar-refractivity contribution is 7.05. The minimum atomic E-state index is -0.768. The van der Waals surface area contributed by atoms with Crippen LogP contribution in [0.4, 0.5) is 4.39 Å². The molecule has 0 saturated carbocycles. The predicted octanol–water partition coefficient (Wildman–Crippen LogP) is 2.32. The third-order valence-electron chi connectivity index (χ3n) is 2.35. The molecule has 0 aliphatic carbocycles. The second-order valence-electron chi connectivity index (χ2n) is 3.39. The van der Waals surface area contributed by atoms with E-state index in [4.69, 9.17) is 0 Å². The van der Waals surface area contributed by atoms with E-state index in [0.717, 1.165) is 17.0 Å². The zero-order chi connectivity index (χ0) is 11.5. The fourth-order valence-electron chi connectivity index (χ4n) is 1.46. The third kappa shape index (κ3) is 2.10. The molecule has 5 heteroatoms. The van der Waals surface area contributed by atoms with Crippen LogP contribution in [0.2, 0.25) is 0 Å². The minimum absolute atomic E-state index is 0.311. The van der Waals surface area contributed by atoms with Crippen LogP contribution in [0, 0.1) is 5.82 Å². The van der Waals surface area contributed by atoms with Gasteiger partial charge in [-0.15, -0.1) is 5.10 Å². The summed E-state index contributed by atoms with van der Waals surface area (Å²) in [5, 5.41) is 14.0. The van der Waals surface area contributed by atoms with Crippen LogP contribution < -0.4 is 0 Å². The number of nitrogens with zero attached hydrogens (tertiary/aromatic N) is 2. The van der Waals surface area contributed by atoms with Gasteiger partial charge in [0.15, 0.2) is 0 Å². The van der Waals surface area contributed by atoms with Gasteiger partial charge in [-0.1, -0.05) is 23.5 Å². The van der Waals surface area contributed by atoms with E-state index < -0.39 is 6.10 Å². The van der Waals surface area contributed by atoms with Gasteiger partial charge < -0.3 is 5.11 Å². The number of hydrogen-bond acceptors (Lipinski definition) is 4. The fourth-order valence-corrected chi connectivity index (χ4v) is 2.22. The number of aliphatic hydroxyl groups excluding tert-OH is 1. The van der Waals surface area contributed by atoms with Gasteiger partial charge in [0.2, 0.25) is 0 Å². The van der Waals surface area contributed by atoms with Crippen molar-refractivity contribution in [1.82, 2.24) is 9.59 Å². The van der Waals surface area contributed by atoms with Crippen molar-refractivity contribution in [3.8, 4) is 0 Å². The molecule has 1 N–H and O–H groups in total. The molecule has 0 aliphatic rings. The van der Waals surface area contributed by atoms with E-state index in [2.05, 4.69) is 9.59 Å². The maximum absolute atomic E-state index is 12.7. The summed E-state index contributed by atoms with van der Waals surface area (Å²) in [7, 11) is 0. The first-order valence-electron chi connectivity index (χ1n) is 4.97. The number of aryl methyl sites for hydroxylation is 1. The molecule has 0 bridgehead atoms. The Morgan fingerprint density at radius 2 is 2.06 bits per heavy atom. The van der Waals surface area contributed by atoms with E-state index in [0.29, 0.717) is 5.56 Å². The highest BCUT2D eigenvalue weighted by Gasteiger charge is 2.17.